The molecule has 1 unspecified atom stereocenters. The average molecular weight is 259 g/mol. The van der Waals surface area contributed by atoms with Crippen molar-refractivity contribution >= 4 is 0 Å². The number of hydrogen-bond acceptors (Lipinski definition) is 3. The molecule has 1 aromatic rings. The molecule has 3 nitrogen and oxygen atoms in total. The maximum Gasteiger partial charge on any atom is 0.0270 e. The van der Waals surface area contributed by atoms with Crippen molar-refractivity contribution in [3.8, 4) is 0 Å². The van der Waals surface area contributed by atoms with E-state index in [-0.39, 0.29) is 0 Å². The standard InChI is InChI=1S/C16H25N3/c1-19-11-5-15(6-12-19)16(7-2-8-18-13-16)14-3-9-17-10-4-14/h3-4,9-10,15,18H,2,5-8,11-13H2,1H3. The van der Waals surface area contributed by atoms with Crippen molar-refractivity contribution in [2.24, 2.45) is 5.92 Å². The Labute approximate surface area is 116 Å². The minimum atomic E-state index is 0.350. The summed E-state index contributed by atoms with van der Waals surface area (Å²) in [7, 11) is 2.24. The minimum absolute atomic E-state index is 0.350. The molecule has 3 rings (SSSR count). The predicted octanol–water partition coefficient (Wildman–Crippen LogP) is 2.04. The first kappa shape index (κ1) is 13.1. The van der Waals surface area contributed by atoms with Gasteiger partial charge < -0.3 is 10.2 Å². The van der Waals surface area contributed by atoms with E-state index in [1.54, 1.807) is 0 Å². The van der Waals surface area contributed by atoms with Crippen LogP contribution in [0.15, 0.2) is 24.5 Å². The van der Waals surface area contributed by atoms with Crippen LogP contribution in [0.3, 0.4) is 0 Å². The normalized spacial score (nSPS) is 30.4. The lowest BCUT2D eigenvalue weighted by molar-refractivity contribution is 0.121. The third-order valence-corrected chi connectivity index (χ3v) is 5.17. The molecule has 2 fully saturated rings. The molecule has 0 aliphatic carbocycles. The van der Waals surface area contributed by atoms with Gasteiger partial charge in [0.25, 0.3) is 0 Å². The molecule has 0 radical (unpaired) electrons. The number of pyridine rings is 1. The van der Waals surface area contributed by atoms with Gasteiger partial charge in [0.2, 0.25) is 0 Å². The molecule has 1 atom stereocenters. The van der Waals surface area contributed by atoms with E-state index >= 15 is 0 Å². The second-order valence-corrected chi connectivity index (χ2v) is 6.25. The molecule has 0 amide bonds. The van der Waals surface area contributed by atoms with Crippen LogP contribution < -0.4 is 5.32 Å². The Hall–Kier alpha value is -0.930. The van der Waals surface area contributed by atoms with E-state index in [4.69, 9.17) is 0 Å². The molecule has 0 spiro atoms. The van der Waals surface area contributed by atoms with Gasteiger partial charge in [0.15, 0.2) is 0 Å². The van der Waals surface area contributed by atoms with Crippen molar-refractivity contribution in [2.45, 2.75) is 31.1 Å². The number of piperidine rings is 2. The summed E-state index contributed by atoms with van der Waals surface area (Å²) < 4.78 is 0. The van der Waals surface area contributed by atoms with Gasteiger partial charge in [-0.05, 0) is 76.0 Å². The molecule has 0 saturated carbocycles. The molecule has 0 bridgehead atoms. The highest BCUT2D eigenvalue weighted by atomic mass is 15.1. The highest BCUT2D eigenvalue weighted by Gasteiger charge is 2.41. The van der Waals surface area contributed by atoms with E-state index in [1.165, 1.54) is 50.9 Å². The molecular formula is C16H25N3. The first-order valence-corrected chi connectivity index (χ1v) is 7.61. The minimum Gasteiger partial charge on any atom is -0.316 e. The zero-order valence-corrected chi connectivity index (χ0v) is 11.9. The van der Waals surface area contributed by atoms with E-state index in [9.17, 15) is 0 Å². The summed E-state index contributed by atoms with van der Waals surface area (Å²) in [4.78, 5) is 6.67. The Morgan fingerprint density at radius 3 is 2.63 bits per heavy atom. The van der Waals surface area contributed by atoms with E-state index < -0.39 is 0 Å². The Bertz CT molecular complexity index is 390. The quantitative estimate of drug-likeness (QED) is 0.881. The molecule has 2 aliphatic heterocycles. The fraction of sp³-hybridized carbons (Fsp3) is 0.688. The number of nitrogens with zero attached hydrogens (tertiary/aromatic N) is 2. The molecule has 3 heterocycles. The van der Waals surface area contributed by atoms with Crippen molar-refractivity contribution in [1.29, 1.82) is 0 Å². The van der Waals surface area contributed by atoms with Crippen molar-refractivity contribution in [3.05, 3.63) is 30.1 Å². The largest absolute Gasteiger partial charge is 0.316 e. The first-order chi connectivity index (χ1) is 9.31. The van der Waals surface area contributed by atoms with Crippen LogP contribution in [-0.2, 0) is 5.41 Å². The van der Waals surface area contributed by atoms with E-state index in [1.807, 2.05) is 12.4 Å². The molecular weight excluding hydrogens is 234 g/mol. The lowest BCUT2D eigenvalue weighted by Gasteiger charge is -2.47. The smallest absolute Gasteiger partial charge is 0.0270 e. The van der Waals surface area contributed by atoms with Gasteiger partial charge in [-0.2, -0.15) is 0 Å². The Kier molecular flexibility index (Phi) is 3.85. The molecule has 2 saturated heterocycles. The molecule has 0 aromatic carbocycles. The Morgan fingerprint density at radius 1 is 1.26 bits per heavy atom. The topological polar surface area (TPSA) is 28.2 Å². The predicted molar refractivity (Wildman–Crippen MR) is 78.2 cm³/mol. The monoisotopic (exact) mass is 259 g/mol. The molecule has 19 heavy (non-hydrogen) atoms. The number of hydrogen-bond donors (Lipinski definition) is 1. The van der Waals surface area contributed by atoms with E-state index in [0.717, 1.165) is 12.5 Å². The maximum atomic E-state index is 4.20. The van der Waals surface area contributed by atoms with E-state index in [2.05, 4.69) is 34.4 Å². The number of likely N-dealkylation sites (tertiary alicyclic amines) is 1. The third kappa shape index (κ3) is 2.54. The summed E-state index contributed by atoms with van der Waals surface area (Å²) in [5, 5.41) is 3.65. The number of nitrogens with one attached hydrogen (secondary N) is 1. The number of aromatic nitrogens is 1. The Morgan fingerprint density at radius 2 is 2.00 bits per heavy atom. The van der Waals surface area contributed by atoms with Crippen LogP contribution in [0.25, 0.3) is 0 Å². The second-order valence-electron chi connectivity index (χ2n) is 6.25. The SMILES string of the molecule is CN1CCC(C2(c3ccncc3)CCCNC2)CC1. The maximum absolute atomic E-state index is 4.20. The highest BCUT2D eigenvalue weighted by Crippen LogP contribution is 2.42. The van der Waals surface area contributed by atoms with Gasteiger partial charge in [0.1, 0.15) is 0 Å². The van der Waals surface area contributed by atoms with Gasteiger partial charge in [0.05, 0.1) is 0 Å². The van der Waals surface area contributed by atoms with E-state index in [0.29, 0.717) is 5.41 Å². The van der Waals surface area contributed by atoms with Gasteiger partial charge in [-0.25, -0.2) is 0 Å². The third-order valence-electron chi connectivity index (χ3n) is 5.17. The summed E-state index contributed by atoms with van der Waals surface area (Å²) in [5.41, 5.74) is 1.85. The fourth-order valence-corrected chi connectivity index (χ4v) is 4.00. The number of rotatable bonds is 2. The van der Waals surface area contributed by atoms with Crippen LogP contribution in [0.5, 0.6) is 0 Å². The molecule has 1 aromatic heterocycles. The van der Waals surface area contributed by atoms with Crippen molar-refractivity contribution in [2.75, 3.05) is 33.2 Å². The van der Waals surface area contributed by atoms with Crippen LogP contribution >= 0.6 is 0 Å². The zero-order valence-electron chi connectivity index (χ0n) is 11.9. The first-order valence-electron chi connectivity index (χ1n) is 7.61. The summed E-state index contributed by atoms with van der Waals surface area (Å²) in [6.45, 7) is 4.82. The van der Waals surface area contributed by atoms with Gasteiger partial charge in [-0.15, -0.1) is 0 Å². The summed E-state index contributed by atoms with van der Waals surface area (Å²) in [6.07, 6.45) is 9.22. The molecule has 1 N–H and O–H groups in total. The zero-order chi connectivity index (χ0) is 13.1. The van der Waals surface area contributed by atoms with Crippen LogP contribution in [-0.4, -0.2) is 43.1 Å². The second kappa shape index (κ2) is 5.59. The summed E-state index contributed by atoms with van der Waals surface area (Å²) in [6, 6.07) is 4.48. The van der Waals surface area contributed by atoms with Crippen LogP contribution in [0.1, 0.15) is 31.2 Å². The molecule has 3 heteroatoms. The van der Waals surface area contributed by atoms with Gasteiger partial charge in [0, 0.05) is 24.4 Å². The highest BCUT2D eigenvalue weighted by molar-refractivity contribution is 5.26. The summed E-state index contributed by atoms with van der Waals surface area (Å²) in [5.74, 6) is 0.818. The van der Waals surface area contributed by atoms with Crippen LogP contribution in [0, 0.1) is 5.92 Å². The molecule has 2 aliphatic rings. The van der Waals surface area contributed by atoms with Gasteiger partial charge in [-0.1, -0.05) is 0 Å². The molecule has 104 valence electrons. The lowest BCUT2D eigenvalue weighted by Crippen LogP contribution is -2.51. The van der Waals surface area contributed by atoms with Crippen molar-refractivity contribution in [1.82, 2.24) is 15.2 Å². The van der Waals surface area contributed by atoms with Crippen molar-refractivity contribution < 1.29 is 0 Å². The lowest BCUT2D eigenvalue weighted by atomic mass is 9.63. The van der Waals surface area contributed by atoms with Crippen LogP contribution in [0.4, 0.5) is 0 Å². The Balaban J connectivity index is 1.88. The fourth-order valence-electron chi connectivity index (χ4n) is 4.00. The summed E-state index contributed by atoms with van der Waals surface area (Å²) >= 11 is 0. The van der Waals surface area contributed by atoms with Gasteiger partial charge >= 0.3 is 0 Å². The van der Waals surface area contributed by atoms with Crippen LogP contribution in [0.2, 0.25) is 0 Å². The average Bonchev–Trinajstić information content (AvgIpc) is 2.49. The van der Waals surface area contributed by atoms with Crippen molar-refractivity contribution in [3.63, 3.8) is 0 Å². The van der Waals surface area contributed by atoms with Gasteiger partial charge in [-0.3, -0.25) is 4.98 Å².